The Kier molecular flexibility index (Phi) is 2.60. The number of hydrogen-bond acceptors (Lipinski definition) is 2. The molecular weight excluding hydrogens is 272 g/mol. The average molecular weight is 276 g/mol. The first-order chi connectivity index (χ1) is 6.68. The maximum absolute atomic E-state index is 13.3. The Morgan fingerprint density at radius 1 is 1.29 bits per heavy atom. The summed E-state index contributed by atoms with van der Waals surface area (Å²) in [7, 11) is 0. The highest BCUT2D eigenvalue weighted by molar-refractivity contribution is 9.11. The first kappa shape index (κ1) is 9.73. The molecule has 0 N–H and O–H groups in total. The Bertz CT molecular complexity index is 470. The van der Waals surface area contributed by atoms with Gasteiger partial charge in [0.1, 0.15) is 0 Å². The molecule has 1 aromatic carbocycles. The molecule has 0 atom stereocenters. The van der Waals surface area contributed by atoms with Gasteiger partial charge in [-0.25, -0.2) is 8.78 Å². The van der Waals surface area contributed by atoms with Gasteiger partial charge >= 0.3 is 0 Å². The molecule has 1 aromatic heterocycles. The Morgan fingerprint density at radius 2 is 2.07 bits per heavy atom. The van der Waals surface area contributed by atoms with Crippen LogP contribution in [0.3, 0.4) is 0 Å². The van der Waals surface area contributed by atoms with Crippen molar-refractivity contribution in [3.63, 3.8) is 0 Å². The summed E-state index contributed by atoms with van der Waals surface area (Å²) < 4.78 is 30.9. The lowest BCUT2D eigenvalue weighted by Gasteiger charge is -1.98. The highest BCUT2D eigenvalue weighted by atomic mass is 79.9. The van der Waals surface area contributed by atoms with E-state index in [1.54, 1.807) is 6.07 Å². The van der Waals surface area contributed by atoms with Crippen LogP contribution in [-0.4, -0.2) is 4.37 Å². The molecule has 14 heavy (non-hydrogen) atoms. The Balaban J connectivity index is 2.57. The number of benzene rings is 1. The molecule has 0 unspecified atom stereocenters. The monoisotopic (exact) mass is 275 g/mol. The van der Waals surface area contributed by atoms with Crippen molar-refractivity contribution in [1.82, 2.24) is 4.37 Å². The molecular formula is C9H4BrF2NS. The zero-order chi connectivity index (χ0) is 10.1. The van der Waals surface area contributed by atoms with Gasteiger partial charge in [0, 0.05) is 5.56 Å². The molecule has 2 rings (SSSR count). The van der Waals surface area contributed by atoms with E-state index in [2.05, 4.69) is 20.3 Å². The first-order valence-electron chi connectivity index (χ1n) is 3.75. The van der Waals surface area contributed by atoms with Crippen LogP contribution >= 0.6 is 27.5 Å². The maximum atomic E-state index is 13.3. The summed E-state index contributed by atoms with van der Waals surface area (Å²) in [6.45, 7) is 0. The largest absolute Gasteiger partial charge is 0.204 e. The van der Waals surface area contributed by atoms with Crippen molar-refractivity contribution in [3.8, 4) is 11.3 Å². The molecule has 0 saturated heterocycles. The van der Waals surface area contributed by atoms with Gasteiger partial charge in [-0.05, 0) is 45.7 Å². The minimum absolute atomic E-state index is 0.187. The summed E-state index contributed by atoms with van der Waals surface area (Å²) in [5.74, 6) is -1.71. The van der Waals surface area contributed by atoms with Crippen molar-refractivity contribution in [2.75, 3.05) is 0 Å². The third-order valence-electron chi connectivity index (χ3n) is 1.71. The SMILES string of the molecule is Fc1cccc(-c2cc(Br)sn2)c1F. The molecule has 0 bridgehead atoms. The number of hydrogen-bond donors (Lipinski definition) is 0. The van der Waals surface area contributed by atoms with Crippen molar-refractivity contribution >= 4 is 27.5 Å². The summed E-state index contributed by atoms with van der Waals surface area (Å²) in [5, 5.41) is 0. The van der Waals surface area contributed by atoms with Crippen LogP contribution in [0, 0.1) is 11.6 Å². The van der Waals surface area contributed by atoms with Crippen LogP contribution in [0.1, 0.15) is 0 Å². The van der Waals surface area contributed by atoms with E-state index in [1.165, 1.54) is 23.7 Å². The lowest BCUT2D eigenvalue weighted by atomic mass is 10.1. The Morgan fingerprint density at radius 3 is 2.71 bits per heavy atom. The van der Waals surface area contributed by atoms with Crippen LogP contribution in [0.5, 0.6) is 0 Å². The molecule has 5 heteroatoms. The highest BCUT2D eigenvalue weighted by Crippen LogP contribution is 2.28. The molecule has 1 heterocycles. The van der Waals surface area contributed by atoms with Gasteiger partial charge in [-0.15, -0.1) is 0 Å². The quantitative estimate of drug-likeness (QED) is 0.771. The van der Waals surface area contributed by atoms with Gasteiger partial charge in [0.2, 0.25) is 0 Å². The first-order valence-corrected chi connectivity index (χ1v) is 5.32. The number of rotatable bonds is 1. The molecule has 0 aliphatic rings. The van der Waals surface area contributed by atoms with Gasteiger partial charge in [-0.3, -0.25) is 0 Å². The molecule has 0 radical (unpaired) electrons. The van der Waals surface area contributed by atoms with Crippen LogP contribution in [0.2, 0.25) is 0 Å². The van der Waals surface area contributed by atoms with E-state index >= 15 is 0 Å². The molecule has 0 saturated carbocycles. The van der Waals surface area contributed by atoms with E-state index in [9.17, 15) is 8.78 Å². The van der Waals surface area contributed by atoms with Crippen molar-refractivity contribution in [2.45, 2.75) is 0 Å². The minimum Gasteiger partial charge on any atom is -0.204 e. The van der Waals surface area contributed by atoms with Crippen molar-refractivity contribution < 1.29 is 8.78 Å². The van der Waals surface area contributed by atoms with E-state index in [0.29, 0.717) is 5.69 Å². The summed E-state index contributed by atoms with van der Waals surface area (Å²) in [6.07, 6.45) is 0. The minimum atomic E-state index is -0.856. The van der Waals surface area contributed by atoms with E-state index in [4.69, 9.17) is 0 Å². The fraction of sp³-hybridized carbons (Fsp3) is 0. The van der Waals surface area contributed by atoms with Crippen LogP contribution in [0.4, 0.5) is 8.78 Å². The summed E-state index contributed by atoms with van der Waals surface area (Å²) in [4.78, 5) is 0. The number of nitrogens with zero attached hydrogens (tertiary/aromatic N) is 1. The molecule has 1 nitrogen and oxygen atoms in total. The zero-order valence-corrected chi connectivity index (χ0v) is 9.20. The molecule has 72 valence electrons. The predicted octanol–water partition coefficient (Wildman–Crippen LogP) is 3.85. The molecule has 0 spiro atoms. The van der Waals surface area contributed by atoms with Gasteiger partial charge in [0.05, 0.1) is 9.48 Å². The molecule has 0 fully saturated rings. The normalized spacial score (nSPS) is 10.5. The third-order valence-corrected chi connectivity index (χ3v) is 2.95. The Labute approximate surface area is 91.7 Å². The second kappa shape index (κ2) is 3.74. The van der Waals surface area contributed by atoms with Crippen LogP contribution in [-0.2, 0) is 0 Å². The summed E-state index contributed by atoms with van der Waals surface area (Å²) >= 11 is 4.40. The highest BCUT2D eigenvalue weighted by Gasteiger charge is 2.11. The van der Waals surface area contributed by atoms with Crippen LogP contribution in [0.25, 0.3) is 11.3 Å². The molecule has 2 aromatic rings. The fourth-order valence-corrected chi connectivity index (χ4v) is 2.02. The third kappa shape index (κ3) is 1.69. The van der Waals surface area contributed by atoms with Gasteiger partial charge in [-0.2, -0.15) is 4.37 Å². The lowest BCUT2D eigenvalue weighted by Crippen LogP contribution is -1.88. The summed E-state index contributed by atoms with van der Waals surface area (Å²) in [6, 6.07) is 5.70. The lowest BCUT2D eigenvalue weighted by molar-refractivity contribution is 0.511. The second-order valence-corrected chi connectivity index (χ2v) is 4.80. The van der Waals surface area contributed by atoms with Crippen LogP contribution < -0.4 is 0 Å². The zero-order valence-electron chi connectivity index (χ0n) is 6.80. The average Bonchev–Trinajstić information content (AvgIpc) is 2.57. The van der Waals surface area contributed by atoms with Crippen LogP contribution in [0.15, 0.2) is 28.1 Å². The number of aromatic nitrogens is 1. The van der Waals surface area contributed by atoms with Crippen molar-refractivity contribution in [1.29, 1.82) is 0 Å². The summed E-state index contributed by atoms with van der Waals surface area (Å²) in [5.41, 5.74) is 0.630. The fourth-order valence-electron chi connectivity index (χ4n) is 1.08. The number of halogens is 3. The predicted molar refractivity (Wildman–Crippen MR) is 55.2 cm³/mol. The van der Waals surface area contributed by atoms with Gasteiger partial charge in [0.15, 0.2) is 11.6 Å². The van der Waals surface area contributed by atoms with E-state index in [1.807, 2.05) is 0 Å². The van der Waals surface area contributed by atoms with E-state index in [-0.39, 0.29) is 5.56 Å². The van der Waals surface area contributed by atoms with E-state index in [0.717, 1.165) is 9.85 Å². The van der Waals surface area contributed by atoms with E-state index < -0.39 is 11.6 Å². The van der Waals surface area contributed by atoms with Gasteiger partial charge in [-0.1, -0.05) is 6.07 Å². The van der Waals surface area contributed by atoms with Gasteiger partial charge in [0.25, 0.3) is 0 Å². The maximum Gasteiger partial charge on any atom is 0.168 e. The molecule has 0 aliphatic heterocycles. The topological polar surface area (TPSA) is 12.9 Å². The van der Waals surface area contributed by atoms with Gasteiger partial charge < -0.3 is 0 Å². The molecule has 0 amide bonds. The van der Waals surface area contributed by atoms with Crippen molar-refractivity contribution in [3.05, 3.63) is 39.7 Å². The standard InChI is InChI=1S/C9H4BrF2NS/c10-8-4-7(13-14-8)5-2-1-3-6(11)9(5)12/h1-4H. The van der Waals surface area contributed by atoms with Crippen molar-refractivity contribution in [2.24, 2.45) is 0 Å². The molecule has 0 aliphatic carbocycles. The smallest absolute Gasteiger partial charge is 0.168 e. The Hall–Kier alpha value is -0.810. The second-order valence-electron chi connectivity index (χ2n) is 2.62.